The molecule has 4 fully saturated rings. The molecule has 0 aliphatic heterocycles. The topological polar surface area (TPSA) is 89.0 Å². The number of carbonyl (C=O) groups excluding carboxylic acids is 2. The van der Waals surface area contributed by atoms with Crippen LogP contribution in [0.4, 0.5) is 5.69 Å². The van der Waals surface area contributed by atoms with Gasteiger partial charge in [-0.1, -0.05) is 35.3 Å². The molecule has 0 spiro atoms. The first-order valence-electron chi connectivity index (χ1n) is 14.3. The quantitative estimate of drug-likeness (QED) is 0.198. The van der Waals surface area contributed by atoms with Gasteiger partial charge >= 0.3 is 0 Å². The fourth-order valence-corrected chi connectivity index (χ4v) is 7.99. The molecule has 4 bridgehead atoms. The Labute approximate surface area is 255 Å². The first-order valence-corrected chi connectivity index (χ1v) is 15.1. The highest BCUT2D eigenvalue weighted by Gasteiger charge is 2.51. The van der Waals surface area contributed by atoms with Crippen LogP contribution in [-0.2, 0) is 10.2 Å². The number of hydrazone groups is 1. The summed E-state index contributed by atoms with van der Waals surface area (Å²) in [6, 6.07) is 18.2. The van der Waals surface area contributed by atoms with Crippen LogP contribution in [0.5, 0.6) is 11.5 Å². The third kappa shape index (κ3) is 6.13. The second kappa shape index (κ2) is 12.0. The summed E-state index contributed by atoms with van der Waals surface area (Å²) >= 11 is 12.0. The van der Waals surface area contributed by atoms with Crippen molar-refractivity contribution in [2.45, 2.75) is 43.9 Å². The molecule has 7 nitrogen and oxygen atoms in total. The standard InChI is InChI=1S/C33H33Cl2N3O4/c1-41-30-13-20(18-36-38-32(40)27-8-5-25(34)14-28(27)35)2-9-29(30)42-19-31(39)37-26-6-3-24(4-7-26)33-15-21-10-22(16-33)12-23(11-21)17-33/h2-9,13-14,18,21-23H,10-12,15-17,19H2,1H3,(H,37,39)(H,38,40)/b36-18-. The first kappa shape index (κ1) is 28.6. The Hall–Kier alpha value is -3.55. The molecule has 4 aliphatic rings. The molecule has 9 heteroatoms. The van der Waals surface area contributed by atoms with Crippen molar-refractivity contribution >= 4 is 46.9 Å². The fraction of sp³-hybridized carbons (Fsp3) is 0.364. The molecule has 2 amide bonds. The summed E-state index contributed by atoms with van der Waals surface area (Å²) in [5.74, 6) is 2.81. The van der Waals surface area contributed by atoms with Crippen LogP contribution in [0, 0.1) is 17.8 Å². The average Bonchev–Trinajstić information content (AvgIpc) is 2.96. The van der Waals surface area contributed by atoms with E-state index in [2.05, 4.69) is 28.0 Å². The van der Waals surface area contributed by atoms with Crippen molar-refractivity contribution < 1.29 is 19.1 Å². The number of methoxy groups -OCH3 is 1. The minimum absolute atomic E-state index is 0.168. The van der Waals surface area contributed by atoms with Crippen molar-refractivity contribution in [3.63, 3.8) is 0 Å². The van der Waals surface area contributed by atoms with Gasteiger partial charge in [-0.3, -0.25) is 9.59 Å². The van der Waals surface area contributed by atoms with Gasteiger partial charge in [-0.2, -0.15) is 5.10 Å². The largest absolute Gasteiger partial charge is 0.493 e. The summed E-state index contributed by atoms with van der Waals surface area (Å²) in [6.45, 7) is -0.168. The Morgan fingerprint density at radius 1 is 0.929 bits per heavy atom. The molecule has 218 valence electrons. The van der Waals surface area contributed by atoms with Gasteiger partial charge in [0.25, 0.3) is 11.8 Å². The Morgan fingerprint density at radius 3 is 2.26 bits per heavy atom. The zero-order chi connectivity index (χ0) is 29.3. The van der Waals surface area contributed by atoms with Crippen molar-refractivity contribution in [1.29, 1.82) is 0 Å². The van der Waals surface area contributed by atoms with Gasteiger partial charge in [-0.05, 0) is 121 Å². The van der Waals surface area contributed by atoms with E-state index in [0.29, 0.717) is 27.5 Å². The second-order valence-corrected chi connectivity index (χ2v) is 12.7. The number of anilines is 1. The van der Waals surface area contributed by atoms with E-state index in [-0.39, 0.29) is 23.1 Å². The minimum atomic E-state index is -0.465. The molecule has 7 rings (SSSR count). The molecule has 0 heterocycles. The molecule has 4 aliphatic carbocycles. The Morgan fingerprint density at radius 2 is 1.62 bits per heavy atom. The van der Waals surface area contributed by atoms with E-state index in [9.17, 15) is 9.59 Å². The van der Waals surface area contributed by atoms with E-state index >= 15 is 0 Å². The highest BCUT2D eigenvalue weighted by Crippen LogP contribution is 2.60. The highest BCUT2D eigenvalue weighted by atomic mass is 35.5. The minimum Gasteiger partial charge on any atom is -0.493 e. The zero-order valence-corrected chi connectivity index (χ0v) is 24.9. The number of halogens is 2. The number of amides is 2. The van der Waals surface area contributed by atoms with Crippen LogP contribution in [0.2, 0.25) is 10.0 Å². The lowest BCUT2D eigenvalue weighted by molar-refractivity contribution is -0.118. The number of rotatable bonds is 9. The van der Waals surface area contributed by atoms with Gasteiger partial charge in [0.15, 0.2) is 18.1 Å². The van der Waals surface area contributed by atoms with Gasteiger partial charge in [-0.15, -0.1) is 0 Å². The normalized spacial score (nSPS) is 24.0. The maximum absolute atomic E-state index is 12.7. The van der Waals surface area contributed by atoms with Gasteiger partial charge in [0.05, 0.1) is 23.9 Å². The van der Waals surface area contributed by atoms with Gasteiger partial charge in [0, 0.05) is 10.7 Å². The SMILES string of the molecule is COc1cc(/C=N\NC(=O)c2ccc(Cl)cc2Cl)ccc1OCC(=O)Nc1ccc(C23CC4CC(CC(C4)C2)C3)cc1. The average molecular weight is 607 g/mol. The van der Waals surface area contributed by atoms with Crippen LogP contribution in [0.1, 0.15) is 60.0 Å². The predicted molar refractivity (Wildman–Crippen MR) is 165 cm³/mol. The summed E-state index contributed by atoms with van der Waals surface area (Å²) in [5, 5.41) is 7.60. The Bertz CT molecular complexity index is 1490. The van der Waals surface area contributed by atoms with Crippen LogP contribution in [-0.4, -0.2) is 31.7 Å². The van der Waals surface area contributed by atoms with E-state index in [0.717, 1.165) is 23.4 Å². The summed E-state index contributed by atoms with van der Waals surface area (Å²) < 4.78 is 11.2. The van der Waals surface area contributed by atoms with Crippen molar-refractivity contribution in [2.24, 2.45) is 22.9 Å². The number of nitrogens with zero attached hydrogens (tertiary/aromatic N) is 1. The van der Waals surface area contributed by atoms with Crippen molar-refractivity contribution in [3.05, 3.63) is 87.4 Å². The van der Waals surface area contributed by atoms with E-state index in [1.54, 1.807) is 24.3 Å². The van der Waals surface area contributed by atoms with E-state index < -0.39 is 5.91 Å². The number of ether oxygens (including phenoxy) is 2. The third-order valence-corrected chi connectivity index (χ3v) is 9.47. The maximum Gasteiger partial charge on any atom is 0.272 e. The fourth-order valence-electron chi connectivity index (χ4n) is 7.49. The summed E-state index contributed by atoms with van der Waals surface area (Å²) in [6.07, 6.45) is 9.69. The lowest BCUT2D eigenvalue weighted by Crippen LogP contribution is -2.48. The van der Waals surface area contributed by atoms with Crippen LogP contribution in [0.3, 0.4) is 0 Å². The number of nitrogens with one attached hydrogen (secondary N) is 2. The number of carbonyl (C=O) groups is 2. The molecule has 2 N–H and O–H groups in total. The van der Waals surface area contributed by atoms with Gasteiger partial charge < -0.3 is 14.8 Å². The van der Waals surface area contributed by atoms with Crippen molar-refractivity contribution in [3.8, 4) is 11.5 Å². The monoisotopic (exact) mass is 605 g/mol. The Balaban J connectivity index is 1.02. The lowest BCUT2D eigenvalue weighted by atomic mass is 9.48. The van der Waals surface area contributed by atoms with E-state index in [1.165, 1.54) is 69.5 Å². The van der Waals surface area contributed by atoms with Crippen molar-refractivity contribution in [2.75, 3.05) is 19.0 Å². The predicted octanol–water partition coefficient (Wildman–Crippen LogP) is 7.25. The zero-order valence-electron chi connectivity index (χ0n) is 23.4. The molecule has 0 aromatic heterocycles. The van der Waals surface area contributed by atoms with Gasteiger partial charge in [0.1, 0.15) is 0 Å². The van der Waals surface area contributed by atoms with Crippen LogP contribution in [0.25, 0.3) is 0 Å². The van der Waals surface area contributed by atoms with Crippen LogP contribution < -0.4 is 20.2 Å². The summed E-state index contributed by atoms with van der Waals surface area (Å²) in [7, 11) is 1.51. The van der Waals surface area contributed by atoms with E-state index in [4.69, 9.17) is 32.7 Å². The molecule has 0 atom stereocenters. The lowest BCUT2D eigenvalue weighted by Gasteiger charge is -2.57. The summed E-state index contributed by atoms with van der Waals surface area (Å²) in [5.41, 5.74) is 5.88. The van der Waals surface area contributed by atoms with Crippen LogP contribution >= 0.6 is 23.2 Å². The molecule has 0 saturated heterocycles. The van der Waals surface area contributed by atoms with Gasteiger partial charge in [0.2, 0.25) is 0 Å². The number of hydrogen-bond donors (Lipinski definition) is 2. The first-order chi connectivity index (χ1) is 20.3. The summed E-state index contributed by atoms with van der Waals surface area (Å²) in [4.78, 5) is 25.0. The molecule has 0 unspecified atom stereocenters. The highest BCUT2D eigenvalue weighted by molar-refractivity contribution is 6.36. The smallest absolute Gasteiger partial charge is 0.272 e. The number of hydrogen-bond acceptors (Lipinski definition) is 5. The molecule has 42 heavy (non-hydrogen) atoms. The van der Waals surface area contributed by atoms with Gasteiger partial charge in [-0.25, -0.2) is 5.43 Å². The molecular weight excluding hydrogens is 573 g/mol. The maximum atomic E-state index is 12.7. The molecule has 0 radical (unpaired) electrons. The Kier molecular flexibility index (Phi) is 8.15. The molecule has 3 aromatic rings. The second-order valence-electron chi connectivity index (χ2n) is 11.8. The molecule has 3 aromatic carbocycles. The third-order valence-electron chi connectivity index (χ3n) is 8.92. The molecule has 4 saturated carbocycles. The van der Waals surface area contributed by atoms with E-state index in [1.807, 2.05) is 12.1 Å². The number of benzene rings is 3. The molecular formula is C33H33Cl2N3O4. The van der Waals surface area contributed by atoms with Crippen molar-refractivity contribution in [1.82, 2.24) is 5.43 Å². The van der Waals surface area contributed by atoms with Crippen LogP contribution in [0.15, 0.2) is 65.8 Å².